The van der Waals surface area contributed by atoms with Gasteiger partial charge in [-0.25, -0.2) is 0 Å². The molecule has 1 aliphatic heterocycles. The standard InChI is InChI=1S/C12H23N/c1-10(2)9-13-7-5-12(6-8-13)11(3)4/h5,10-11H,6-9H2,1-4H3. The van der Waals surface area contributed by atoms with Crippen LogP contribution in [0.4, 0.5) is 0 Å². The molecule has 1 aliphatic rings. The van der Waals surface area contributed by atoms with Gasteiger partial charge in [0.1, 0.15) is 0 Å². The van der Waals surface area contributed by atoms with Crippen molar-refractivity contribution in [2.24, 2.45) is 11.8 Å². The fourth-order valence-corrected chi connectivity index (χ4v) is 1.93. The second-order valence-corrected chi connectivity index (χ2v) is 4.84. The van der Waals surface area contributed by atoms with Crippen LogP contribution in [-0.4, -0.2) is 24.5 Å². The van der Waals surface area contributed by atoms with Gasteiger partial charge < -0.3 is 0 Å². The third kappa shape index (κ3) is 3.51. The van der Waals surface area contributed by atoms with Gasteiger partial charge in [-0.05, 0) is 18.3 Å². The molecular weight excluding hydrogens is 158 g/mol. The van der Waals surface area contributed by atoms with Crippen molar-refractivity contribution < 1.29 is 0 Å². The smallest absolute Gasteiger partial charge is 0.0166 e. The van der Waals surface area contributed by atoms with E-state index in [1.54, 1.807) is 5.57 Å². The van der Waals surface area contributed by atoms with Crippen LogP contribution in [0.15, 0.2) is 11.6 Å². The van der Waals surface area contributed by atoms with Crippen LogP contribution in [-0.2, 0) is 0 Å². The van der Waals surface area contributed by atoms with Crippen molar-refractivity contribution in [2.75, 3.05) is 19.6 Å². The molecule has 76 valence electrons. The summed E-state index contributed by atoms with van der Waals surface area (Å²) in [5.41, 5.74) is 1.65. The van der Waals surface area contributed by atoms with Gasteiger partial charge in [0, 0.05) is 19.6 Å². The van der Waals surface area contributed by atoms with E-state index in [2.05, 4.69) is 38.7 Å². The zero-order valence-corrected chi connectivity index (χ0v) is 9.51. The zero-order chi connectivity index (χ0) is 9.84. The third-order valence-corrected chi connectivity index (χ3v) is 2.69. The molecule has 1 heteroatoms. The molecule has 0 N–H and O–H groups in total. The van der Waals surface area contributed by atoms with E-state index in [0.29, 0.717) is 0 Å². The summed E-state index contributed by atoms with van der Waals surface area (Å²) in [5, 5.41) is 0. The Labute approximate surface area is 82.8 Å². The first-order chi connectivity index (χ1) is 6.09. The molecule has 0 saturated heterocycles. The van der Waals surface area contributed by atoms with Crippen molar-refractivity contribution in [3.8, 4) is 0 Å². The number of hydrogen-bond donors (Lipinski definition) is 0. The summed E-state index contributed by atoms with van der Waals surface area (Å²) in [6.07, 6.45) is 3.71. The predicted molar refractivity (Wildman–Crippen MR) is 58.8 cm³/mol. The first-order valence-electron chi connectivity index (χ1n) is 5.51. The molecule has 0 fully saturated rings. The van der Waals surface area contributed by atoms with Crippen LogP contribution in [0, 0.1) is 11.8 Å². The van der Waals surface area contributed by atoms with Crippen molar-refractivity contribution in [2.45, 2.75) is 34.1 Å². The van der Waals surface area contributed by atoms with E-state index < -0.39 is 0 Å². The molecule has 13 heavy (non-hydrogen) atoms. The fourth-order valence-electron chi connectivity index (χ4n) is 1.93. The number of nitrogens with zero attached hydrogens (tertiary/aromatic N) is 1. The minimum atomic E-state index is 0.751. The Bertz CT molecular complexity index is 180. The van der Waals surface area contributed by atoms with Gasteiger partial charge in [0.05, 0.1) is 0 Å². The van der Waals surface area contributed by atoms with Gasteiger partial charge in [0.25, 0.3) is 0 Å². The van der Waals surface area contributed by atoms with Gasteiger partial charge in [-0.2, -0.15) is 0 Å². The van der Waals surface area contributed by atoms with E-state index >= 15 is 0 Å². The van der Waals surface area contributed by atoms with Crippen molar-refractivity contribution >= 4 is 0 Å². The number of rotatable bonds is 3. The van der Waals surface area contributed by atoms with E-state index in [1.807, 2.05) is 0 Å². The Kier molecular flexibility index (Phi) is 3.98. The van der Waals surface area contributed by atoms with Crippen LogP contribution in [0.25, 0.3) is 0 Å². The Hall–Kier alpha value is -0.300. The van der Waals surface area contributed by atoms with E-state index in [9.17, 15) is 0 Å². The monoisotopic (exact) mass is 181 g/mol. The van der Waals surface area contributed by atoms with Crippen molar-refractivity contribution in [3.05, 3.63) is 11.6 Å². The summed E-state index contributed by atoms with van der Waals surface area (Å²) in [6.45, 7) is 12.9. The van der Waals surface area contributed by atoms with E-state index in [1.165, 1.54) is 26.1 Å². The van der Waals surface area contributed by atoms with Gasteiger partial charge in [-0.15, -0.1) is 0 Å². The lowest BCUT2D eigenvalue weighted by Crippen LogP contribution is -2.32. The molecule has 0 unspecified atom stereocenters. The van der Waals surface area contributed by atoms with E-state index in [4.69, 9.17) is 0 Å². The second kappa shape index (κ2) is 4.80. The first-order valence-corrected chi connectivity index (χ1v) is 5.51. The van der Waals surface area contributed by atoms with Crippen molar-refractivity contribution in [3.63, 3.8) is 0 Å². The highest BCUT2D eigenvalue weighted by atomic mass is 15.1. The maximum atomic E-state index is 2.55. The van der Waals surface area contributed by atoms with Crippen LogP contribution < -0.4 is 0 Å². The molecule has 1 heterocycles. The molecule has 0 bridgehead atoms. The molecule has 0 aliphatic carbocycles. The molecule has 0 aromatic carbocycles. The minimum absolute atomic E-state index is 0.751. The van der Waals surface area contributed by atoms with Gasteiger partial charge in [-0.3, -0.25) is 4.90 Å². The highest BCUT2D eigenvalue weighted by molar-refractivity contribution is 5.09. The molecular formula is C12H23N. The average Bonchev–Trinajstić information content (AvgIpc) is 2.04. The third-order valence-electron chi connectivity index (χ3n) is 2.69. The summed E-state index contributed by atoms with van der Waals surface area (Å²) >= 11 is 0. The molecule has 0 radical (unpaired) electrons. The molecule has 0 aromatic heterocycles. The average molecular weight is 181 g/mol. The van der Waals surface area contributed by atoms with E-state index in [-0.39, 0.29) is 0 Å². The maximum Gasteiger partial charge on any atom is 0.0166 e. The summed E-state index contributed by atoms with van der Waals surface area (Å²) in [6, 6.07) is 0. The van der Waals surface area contributed by atoms with Crippen LogP contribution in [0.2, 0.25) is 0 Å². The lowest BCUT2D eigenvalue weighted by Gasteiger charge is -2.28. The van der Waals surface area contributed by atoms with Crippen LogP contribution in [0.3, 0.4) is 0 Å². The summed E-state index contributed by atoms with van der Waals surface area (Å²) < 4.78 is 0. The maximum absolute atomic E-state index is 2.55. The lowest BCUT2D eigenvalue weighted by atomic mass is 9.96. The summed E-state index contributed by atoms with van der Waals surface area (Å²) in [5.74, 6) is 1.55. The van der Waals surface area contributed by atoms with Gasteiger partial charge in [-0.1, -0.05) is 39.3 Å². The Morgan fingerprint density at radius 1 is 1.31 bits per heavy atom. The SMILES string of the molecule is CC(C)CN1CC=C(C(C)C)CC1. The van der Waals surface area contributed by atoms with Gasteiger partial charge >= 0.3 is 0 Å². The van der Waals surface area contributed by atoms with Crippen LogP contribution >= 0.6 is 0 Å². The quantitative estimate of drug-likeness (QED) is 0.605. The molecule has 0 spiro atoms. The van der Waals surface area contributed by atoms with Gasteiger partial charge in [0.15, 0.2) is 0 Å². The molecule has 0 atom stereocenters. The topological polar surface area (TPSA) is 3.24 Å². The van der Waals surface area contributed by atoms with Crippen molar-refractivity contribution in [1.29, 1.82) is 0 Å². The lowest BCUT2D eigenvalue weighted by molar-refractivity contribution is 0.258. The minimum Gasteiger partial charge on any atom is -0.299 e. The highest BCUT2D eigenvalue weighted by Gasteiger charge is 2.13. The largest absolute Gasteiger partial charge is 0.299 e. The summed E-state index contributed by atoms with van der Waals surface area (Å²) in [7, 11) is 0. The van der Waals surface area contributed by atoms with Crippen LogP contribution in [0.5, 0.6) is 0 Å². The highest BCUT2D eigenvalue weighted by Crippen LogP contribution is 2.18. The number of hydrogen-bond acceptors (Lipinski definition) is 1. The van der Waals surface area contributed by atoms with Crippen molar-refractivity contribution in [1.82, 2.24) is 4.90 Å². The zero-order valence-electron chi connectivity index (χ0n) is 9.51. The Balaban J connectivity index is 2.37. The first kappa shape index (κ1) is 10.8. The molecule has 0 saturated carbocycles. The Morgan fingerprint density at radius 2 is 2.00 bits per heavy atom. The summed E-state index contributed by atoms with van der Waals surface area (Å²) in [4.78, 5) is 2.55. The van der Waals surface area contributed by atoms with Gasteiger partial charge in [0.2, 0.25) is 0 Å². The molecule has 0 amide bonds. The predicted octanol–water partition coefficient (Wildman–Crippen LogP) is 2.93. The Morgan fingerprint density at radius 3 is 2.38 bits per heavy atom. The fraction of sp³-hybridized carbons (Fsp3) is 0.833. The van der Waals surface area contributed by atoms with Crippen LogP contribution in [0.1, 0.15) is 34.1 Å². The molecule has 0 aromatic rings. The second-order valence-electron chi connectivity index (χ2n) is 4.84. The van der Waals surface area contributed by atoms with E-state index in [0.717, 1.165) is 11.8 Å². The molecule has 1 rings (SSSR count). The normalized spacial score (nSPS) is 19.7. The molecule has 1 nitrogen and oxygen atoms in total.